The van der Waals surface area contributed by atoms with Crippen LogP contribution in [-0.2, 0) is 0 Å². The zero-order valence-electron chi connectivity index (χ0n) is 11.2. The molecule has 5 heteroatoms. The minimum atomic E-state index is -0.529. The molecule has 0 bridgehead atoms. The normalized spacial score (nSPS) is 17.8. The van der Waals surface area contributed by atoms with E-state index in [9.17, 15) is 14.3 Å². The summed E-state index contributed by atoms with van der Waals surface area (Å²) in [6, 6.07) is 3.65. The molecule has 1 aromatic rings. The minimum Gasteiger partial charge on any atom is -0.391 e. The van der Waals surface area contributed by atoms with Crippen molar-refractivity contribution in [1.82, 2.24) is 5.32 Å². The predicted molar refractivity (Wildman–Crippen MR) is 76.3 cm³/mol. The number of rotatable bonds is 4. The van der Waals surface area contributed by atoms with Crippen LogP contribution in [-0.4, -0.2) is 23.7 Å². The van der Waals surface area contributed by atoms with Crippen LogP contribution in [0.2, 0.25) is 5.02 Å². The Balaban J connectivity index is 1.88. The van der Waals surface area contributed by atoms with Gasteiger partial charge in [-0.05, 0) is 37.0 Å². The third-order valence-corrected chi connectivity index (χ3v) is 4.15. The number of aliphatic hydroxyl groups is 1. The average molecular weight is 300 g/mol. The Morgan fingerprint density at radius 2 is 2.10 bits per heavy atom. The monoisotopic (exact) mass is 299 g/mol. The van der Waals surface area contributed by atoms with Gasteiger partial charge in [-0.1, -0.05) is 30.9 Å². The Kier molecular flexibility index (Phi) is 5.38. The fraction of sp³-hybridized carbons (Fsp3) is 0.533. The van der Waals surface area contributed by atoms with E-state index in [4.69, 9.17) is 11.6 Å². The minimum absolute atomic E-state index is 0.0784. The lowest BCUT2D eigenvalue weighted by molar-refractivity contribution is 0.0738. The van der Waals surface area contributed by atoms with Gasteiger partial charge in [0.1, 0.15) is 5.82 Å². The molecule has 1 aliphatic rings. The quantitative estimate of drug-likeness (QED) is 0.897. The van der Waals surface area contributed by atoms with Crippen LogP contribution in [0.1, 0.15) is 42.5 Å². The van der Waals surface area contributed by atoms with E-state index in [0.717, 1.165) is 31.7 Å². The van der Waals surface area contributed by atoms with Gasteiger partial charge in [-0.2, -0.15) is 0 Å². The average Bonchev–Trinajstić information content (AvgIpc) is 2.45. The number of aliphatic hydroxyl groups excluding tert-OH is 1. The summed E-state index contributed by atoms with van der Waals surface area (Å²) in [4.78, 5) is 11.9. The van der Waals surface area contributed by atoms with Crippen molar-refractivity contribution in [3.63, 3.8) is 0 Å². The van der Waals surface area contributed by atoms with Crippen molar-refractivity contribution in [3.8, 4) is 0 Å². The SMILES string of the molecule is O=C(NCC(O)C1CCCCC1)c1ccc(F)cc1Cl. The molecule has 1 atom stereocenters. The molecule has 1 amide bonds. The van der Waals surface area contributed by atoms with Crippen LogP contribution in [0.15, 0.2) is 18.2 Å². The van der Waals surface area contributed by atoms with Crippen LogP contribution in [0.3, 0.4) is 0 Å². The van der Waals surface area contributed by atoms with Crippen LogP contribution in [0, 0.1) is 11.7 Å². The summed E-state index contributed by atoms with van der Waals surface area (Å²) >= 11 is 5.83. The van der Waals surface area contributed by atoms with Crippen LogP contribution < -0.4 is 5.32 Å². The highest BCUT2D eigenvalue weighted by Gasteiger charge is 2.22. The summed E-state index contributed by atoms with van der Waals surface area (Å²) in [7, 11) is 0. The van der Waals surface area contributed by atoms with Gasteiger partial charge >= 0.3 is 0 Å². The molecule has 0 spiro atoms. The molecule has 20 heavy (non-hydrogen) atoms. The second-order valence-corrected chi connectivity index (χ2v) is 5.71. The Hall–Kier alpha value is -1.13. The van der Waals surface area contributed by atoms with Crippen molar-refractivity contribution in [2.75, 3.05) is 6.54 Å². The third kappa shape index (κ3) is 3.93. The number of halogens is 2. The molecule has 2 N–H and O–H groups in total. The maximum atomic E-state index is 12.9. The summed E-state index contributed by atoms with van der Waals surface area (Å²) < 4.78 is 12.9. The van der Waals surface area contributed by atoms with E-state index in [0.29, 0.717) is 0 Å². The number of benzene rings is 1. The smallest absolute Gasteiger partial charge is 0.252 e. The summed E-state index contributed by atoms with van der Waals surface area (Å²) in [5.41, 5.74) is 0.226. The van der Waals surface area contributed by atoms with E-state index >= 15 is 0 Å². The van der Waals surface area contributed by atoms with Crippen LogP contribution in [0.25, 0.3) is 0 Å². The first-order chi connectivity index (χ1) is 9.58. The highest BCUT2D eigenvalue weighted by Crippen LogP contribution is 2.26. The van der Waals surface area contributed by atoms with E-state index < -0.39 is 11.9 Å². The zero-order chi connectivity index (χ0) is 14.5. The highest BCUT2D eigenvalue weighted by molar-refractivity contribution is 6.33. The molecular formula is C15H19ClFNO2. The van der Waals surface area contributed by atoms with Crippen LogP contribution >= 0.6 is 11.6 Å². The zero-order valence-corrected chi connectivity index (χ0v) is 12.0. The molecule has 1 saturated carbocycles. The van der Waals surface area contributed by atoms with Gasteiger partial charge in [0, 0.05) is 6.54 Å². The van der Waals surface area contributed by atoms with Crippen molar-refractivity contribution >= 4 is 17.5 Å². The second-order valence-electron chi connectivity index (χ2n) is 5.30. The fourth-order valence-electron chi connectivity index (χ4n) is 2.65. The van der Waals surface area contributed by atoms with Gasteiger partial charge < -0.3 is 10.4 Å². The van der Waals surface area contributed by atoms with Gasteiger partial charge in [0.2, 0.25) is 0 Å². The Morgan fingerprint density at radius 3 is 2.75 bits per heavy atom. The number of carbonyl (C=O) groups is 1. The first-order valence-corrected chi connectivity index (χ1v) is 7.37. The van der Waals surface area contributed by atoms with E-state index in [1.807, 2.05) is 0 Å². The molecule has 110 valence electrons. The highest BCUT2D eigenvalue weighted by atomic mass is 35.5. The van der Waals surface area contributed by atoms with Crippen molar-refractivity contribution in [2.24, 2.45) is 5.92 Å². The number of hydrogen-bond donors (Lipinski definition) is 2. The summed E-state index contributed by atoms with van der Waals surface area (Å²) in [5, 5.41) is 12.8. The summed E-state index contributed by atoms with van der Waals surface area (Å²) in [6.45, 7) is 0.206. The Morgan fingerprint density at radius 1 is 1.40 bits per heavy atom. The molecule has 1 aliphatic carbocycles. The maximum Gasteiger partial charge on any atom is 0.252 e. The van der Waals surface area contributed by atoms with Crippen molar-refractivity contribution in [1.29, 1.82) is 0 Å². The van der Waals surface area contributed by atoms with E-state index in [-0.39, 0.29) is 29.0 Å². The van der Waals surface area contributed by atoms with Crippen molar-refractivity contribution in [3.05, 3.63) is 34.6 Å². The molecule has 0 saturated heterocycles. The molecule has 0 heterocycles. The Bertz CT molecular complexity index is 475. The molecule has 0 aromatic heterocycles. The second kappa shape index (κ2) is 7.04. The lowest BCUT2D eigenvalue weighted by Gasteiger charge is -2.26. The fourth-order valence-corrected chi connectivity index (χ4v) is 2.90. The van der Waals surface area contributed by atoms with Gasteiger partial charge in [0.25, 0.3) is 5.91 Å². The summed E-state index contributed by atoms with van der Waals surface area (Å²) in [6.07, 6.45) is 4.99. The lowest BCUT2D eigenvalue weighted by atomic mass is 9.85. The molecular weight excluding hydrogens is 281 g/mol. The number of amides is 1. The number of nitrogens with one attached hydrogen (secondary N) is 1. The lowest BCUT2D eigenvalue weighted by Crippen LogP contribution is -2.37. The van der Waals surface area contributed by atoms with E-state index in [1.54, 1.807) is 0 Å². The molecule has 1 fully saturated rings. The topological polar surface area (TPSA) is 49.3 Å². The first kappa shape index (κ1) is 15.3. The van der Waals surface area contributed by atoms with Crippen LogP contribution in [0.5, 0.6) is 0 Å². The molecule has 0 radical (unpaired) electrons. The largest absolute Gasteiger partial charge is 0.391 e. The number of hydrogen-bond acceptors (Lipinski definition) is 2. The van der Waals surface area contributed by atoms with Gasteiger partial charge in [-0.15, -0.1) is 0 Å². The standard InChI is InChI=1S/C15H19ClFNO2/c16-13-8-11(17)6-7-12(13)15(20)18-9-14(19)10-4-2-1-3-5-10/h6-8,10,14,19H,1-5,9H2,(H,18,20). The van der Waals surface area contributed by atoms with E-state index in [2.05, 4.69) is 5.32 Å². The van der Waals surface area contributed by atoms with Gasteiger partial charge in [-0.3, -0.25) is 4.79 Å². The van der Waals surface area contributed by atoms with Gasteiger partial charge in [0.15, 0.2) is 0 Å². The summed E-state index contributed by atoms with van der Waals surface area (Å²) in [5.74, 6) is -0.605. The molecule has 1 unspecified atom stereocenters. The third-order valence-electron chi connectivity index (χ3n) is 3.84. The number of carbonyl (C=O) groups excluding carboxylic acids is 1. The predicted octanol–water partition coefficient (Wildman–Crippen LogP) is 3.15. The van der Waals surface area contributed by atoms with Gasteiger partial charge in [-0.25, -0.2) is 4.39 Å². The Labute approximate surface area is 123 Å². The van der Waals surface area contributed by atoms with Gasteiger partial charge in [0.05, 0.1) is 16.7 Å². The maximum absolute atomic E-state index is 12.9. The van der Waals surface area contributed by atoms with Crippen molar-refractivity contribution in [2.45, 2.75) is 38.2 Å². The molecule has 0 aliphatic heterocycles. The van der Waals surface area contributed by atoms with E-state index in [1.165, 1.54) is 18.6 Å². The molecule has 1 aromatic carbocycles. The first-order valence-electron chi connectivity index (χ1n) is 6.99. The van der Waals surface area contributed by atoms with Crippen LogP contribution in [0.4, 0.5) is 4.39 Å². The van der Waals surface area contributed by atoms with Crippen molar-refractivity contribution < 1.29 is 14.3 Å². The molecule has 3 nitrogen and oxygen atoms in total. The molecule has 2 rings (SSSR count).